The lowest BCUT2D eigenvalue weighted by Gasteiger charge is -2.36. The first kappa shape index (κ1) is 24.3. The smallest absolute Gasteiger partial charge is 0.257 e. The van der Waals surface area contributed by atoms with E-state index in [1.807, 2.05) is 24.3 Å². The number of hydrogen-bond donors (Lipinski definition) is 0. The number of methoxy groups -OCH3 is 2. The Morgan fingerprint density at radius 2 is 1.53 bits per heavy atom. The maximum atomic E-state index is 13.5. The average molecular weight is 488 g/mol. The third-order valence-electron chi connectivity index (χ3n) is 6.77. The van der Waals surface area contributed by atoms with Crippen molar-refractivity contribution in [3.8, 4) is 11.5 Å². The van der Waals surface area contributed by atoms with Gasteiger partial charge in [0.25, 0.3) is 5.91 Å². The number of likely N-dealkylation sites (tertiary alicyclic amines) is 1. The third-order valence-corrected chi connectivity index (χ3v) is 8.67. The van der Waals surface area contributed by atoms with Gasteiger partial charge >= 0.3 is 0 Å². The second-order valence-corrected chi connectivity index (χ2v) is 10.8. The van der Waals surface area contributed by atoms with Crippen molar-refractivity contribution in [2.75, 3.05) is 58.4 Å². The van der Waals surface area contributed by atoms with E-state index in [9.17, 15) is 13.2 Å². The van der Waals surface area contributed by atoms with Gasteiger partial charge in [-0.1, -0.05) is 19.1 Å². The molecule has 2 aliphatic rings. The maximum absolute atomic E-state index is 13.5. The Labute approximate surface area is 202 Å². The molecule has 0 unspecified atom stereocenters. The molecule has 0 N–H and O–H groups in total. The van der Waals surface area contributed by atoms with Crippen LogP contribution in [0, 0.1) is 5.92 Å². The minimum atomic E-state index is -3.75. The van der Waals surface area contributed by atoms with Crippen molar-refractivity contribution < 1.29 is 22.7 Å². The molecule has 2 fully saturated rings. The Hall–Kier alpha value is -2.78. The molecule has 4 rings (SSSR count). The van der Waals surface area contributed by atoms with Gasteiger partial charge in [0.2, 0.25) is 10.0 Å². The van der Waals surface area contributed by atoms with Crippen LogP contribution in [0.3, 0.4) is 0 Å². The first-order valence-corrected chi connectivity index (χ1v) is 13.1. The van der Waals surface area contributed by atoms with Crippen LogP contribution >= 0.6 is 0 Å². The molecule has 0 radical (unpaired) electrons. The largest absolute Gasteiger partial charge is 0.496 e. The molecule has 2 aromatic rings. The third kappa shape index (κ3) is 4.86. The number of carbonyl (C=O) groups is 1. The topological polar surface area (TPSA) is 79.4 Å². The highest BCUT2D eigenvalue weighted by molar-refractivity contribution is 7.89. The van der Waals surface area contributed by atoms with E-state index < -0.39 is 10.0 Å². The zero-order chi connectivity index (χ0) is 24.3. The molecule has 34 heavy (non-hydrogen) atoms. The van der Waals surface area contributed by atoms with Crippen LogP contribution in [0.2, 0.25) is 0 Å². The van der Waals surface area contributed by atoms with Crippen LogP contribution in [0.1, 0.15) is 30.1 Å². The molecular weight excluding hydrogens is 454 g/mol. The van der Waals surface area contributed by atoms with Gasteiger partial charge in [0.15, 0.2) is 0 Å². The van der Waals surface area contributed by atoms with E-state index in [0.717, 1.165) is 24.3 Å². The quantitative estimate of drug-likeness (QED) is 0.623. The number of anilines is 1. The molecular formula is C25H33N3O5S. The number of para-hydroxylation sites is 2. The number of sulfonamides is 1. The molecule has 1 amide bonds. The van der Waals surface area contributed by atoms with E-state index >= 15 is 0 Å². The van der Waals surface area contributed by atoms with Crippen LogP contribution in [0.5, 0.6) is 11.5 Å². The van der Waals surface area contributed by atoms with Crippen LogP contribution in [-0.4, -0.2) is 77.0 Å². The van der Waals surface area contributed by atoms with E-state index in [4.69, 9.17) is 9.47 Å². The summed E-state index contributed by atoms with van der Waals surface area (Å²) >= 11 is 0. The highest BCUT2D eigenvalue weighted by Gasteiger charge is 2.31. The van der Waals surface area contributed by atoms with Gasteiger partial charge in [0.1, 0.15) is 11.5 Å². The van der Waals surface area contributed by atoms with Crippen LogP contribution in [-0.2, 0) is 10.0 Å². The number of hydrogen-bond acceptors (Lipinski definition) is 6. The summed E-state index contributed by atoms with van der Waals surface area (Å²) in [6.07, 6.45) is 1.89. The molecule has 0 aliphatic carbocycles. The monoisotopic (exact) mass is 487 g/mol. The van der Waals surface area contributed by atoms with E-state index in [-0.39, 0.29) is 10.8 Å². The van der Waals surface area contributed by atoms with Crippen molar-refractivity contribution in [3.63, 3.8) is 0 Å². The number of ether oxygens (including phenoxy) is 2. The number of piperidine rings is 1. The van der Waals surface area contributed by atoms with Crippen LogP contribution in [0.4, 0.5) is 5.69 Å². The molecule has 184 valence electrons. The highest BCUT2D eigenvalue weighted by Crippen LogP contribution is 2.31. The number of nitrogens with zero attached hydrogens (tertiary/aromatic N) is 3. The fourth-order valence-corrected chi connectivity index (χ4v) is 6.06. The standard InChI is InChI=1S/C25H33N3O5S/c1-19-10-12-27(13-11-19)25(29)21-18-20(8-9-23(21)32-2)34(30,31)28-16-14-26(15-17-28)22-6-4-5-7-24(22)33-3/h4-9,18-19H,10-17H2,1-3H3. The van der Waals surface area contributed by atoms with E-state index in [1.54, 1.807) is 18.1 Å². The van der Waals surface area contributed by atoms with Gasteiger partial charge in [0.05, 0.1) is 30.4 Å². The zero-order valence-electron chi connectivity index (χ0n) is 20.1. The van der Waals surface area contributed by atoms with Gasteiger partial charge in [0, 0.05) is 39.3 Å². The summed E-state index contributed by atoms with van der Waals surface area (Å²) in [5.41, 5.74) is 1.25. The highest BCUT2D eigenvalue weighted by atomic mass is 32.2. The van der Waals surface area contributed by atoms with Gasteiger partial charge in [-0.3, -0.25) is 4.79 Å². The lowest BCUT2D eigenvalue weighted by molar-refractivity contribution is 0.0693. The first-order valence-electron chi connectivity index (χ1n) is 11.7. The predicted molar refractivity (Wildman–Crippen MR) is 131 cm³/mol. The number of piperazine rings is 1. The number of carbonyl (C=O) groups excluding carboxylic acids is 1. The fraction of sp³-hybridized carbons (Fsp3) is 0.480. The Bertz CT molecular complexity index is 1120. The fourth-order valence-electron chi connectivity index (χ4n) is 4.61. The van der Waals surface area contributed by atoms with Gasteiger partial charge in [-0.2, -0.15) is 4.31 Å². The molecule has 0 atom stereocenters. The average Bonchev–Trinajstić information content (AvgIpc) is 2.88. The van der Waals surface area contributed by atoms with Crippen molar-refractivity contribution in [2.24, 2.45) is 5.92 Å². The molecule has 9 heteroatoms. The summed E-state index contributed by atoms with van der Waals surface area (Å²) in [4.78, 5) is 17.3. The summed E-state index contributed by atoms with van der Waals surface area (Å²) in [6.45, 7) is 5.32. The lowest BCUT2D eigenvalue weighted by atomic mass is 9.98. The van der Waals surface area contributed by atoms with Crippen molar-refractivity contribution in [1.82, 2.24) is 9.21 Å². The molecule has 2 heterocycles. The van der Waals surface area contributed by atoms with Crippen molar-refractivity contribution in [3.05, 3.63) is 48.0 Å². The van der Waals surface area contributed by atoms with Gasteiger partial charge in [-0.25, -0.2) is 8.42 Å². The van der Waals surface area contributed by atoms with Crippen molar-refractivity contribution in [2.45, 2.75) is 24.7 Å². The molecule has 2 aromatic carbocycles. The van der Waals surface area contributed by atoms with Gasteiger partial charge < -0.3 is 19.3 Å². The summed E-state index contributed by atoms with van der Waals surface area (Å²) in [5.74, 6) is 1.57. The predicted octanol–water partition coefficient (Wildman–Crippen LogP) is 3.09. The normalized spacial score (nSPS) is 18.1. The van der Waals surface area contributed by atoms with E-state index in [1.165, 1.54) is 23.5 Å². The molecule has 8 nitrogen and oxygen atoms in total. The van der Waals surface area contributed by atoms with Gasteiger partial charge in [-0.15, -0.1) is 0 Å². The Morgan fingerprint density at radius 3 is 2.18 bits per heavy atom. The molecule has 2 aliphatic heterocycles. The van der Waals surface area contributed by atoms with Gasteiger partial charge in [-0.05, 0) is 49.1 Å². The van der Waals surface area contributed by atoms with Crippen LogP contribution in [0.15, 0.2) is 47.4 Å². The summed E-state index contributed by atoms with van der Waals surface area (Å²) in [5, 5.41) is 0. The zero-order valence-corrected chi connectivity index (χ0v) is 20.9. The molecule has 0 saturated carbocycles. The molecule has 0 aromatic heterocycles. The molecule has 0 bridgehead atoms. The first-order chi connectivity index (χ1) is 16.3. The number of rotatable bonds is 6. The van der Waals surface area contributed by atoms with Crippen molar-refractivity contribution in [1.29, 1.82) is 0 Å². The number of benzene rings is 2. The maximum Gasteiger partial charge on any atom is 0.257 e. The minimum Gasteiger partial charge on any atom is -0.496 e. The Kier molecular flexibility index (Phi) is 7.33. The van der Waals surface area contributed by atoms with Crippen molar-refractivity contribution >= 4 is 21.6 Å². The molecule has 0 spiro atoms. The van der Waals surface area contributed by atoms with E-state index in [0.29, 0.717) is 56.5 Å². The second-order valence-electron chi connectivity index (χ2n) is 8.90. The summed E-state index contributed by atoms with van der Waals surface area (Å²) < 4.78 is 39.3. The second kappa shape index (κ2) is 10.2. The van der Waals surface area contributed by atoms with E-state index in [2.05, 4.69) is 11.8 Å². The lowest BCUT2D eigenvalue weighted by Crippen LogP contribution is -2.48. The van der Waals surface area contributed by atoms with Crippen LogP contribution < -0.4 is 14.4 Å². The Morgan fingerprint density at radius 1 is 0.882 bits per heavy atom. The van der Waals surface area contributed by atoms with Crippen LogP contribution in [0.25, 0.3) is 0 Å². The SMILES string of the molecule is COc1ccc(S(=O)(=O)N2CCN(c3ccccc3OC)CC2)cc1C(=O)N1CCC(C)CC1. The number of amides is 1. The molecule has 2 saturated heterocycles. The minimum absolute atomic E-state index is 0.118. The summed E-state index contributed by atoms with van der Waals surface area (Å²) in [7, 11) is -0.628. The Balaban J connectivity index is 1.52. The summed E-state index contributed by atoms with van der Waals surface area (Å²) in [6, 6.07) is 12.3.